The second-order valence-corrected chi connectivity index (χ2v) is 2.29. The SMILES string of the molecule is N#Cc1nc(Cl)n(C(F)F)c1C#N. The Morgan fingerprint density at radius 1 is 1.38 bits per heavy atom. The highest BCUT2D eigenvalue weighted by atomic mass is 35.5. The molecule has 4 nitrogen and oxygen atoms in total. The maximum Gasteiger partial charge on any atom is 0.321 e. The fourth-order valence-corrected chi connectivity index (χ4v) is 1.01. The van der Waals surface area contributed by atoms with E-state index in [1.807, 2.05) is 0 Å². The molecule has 0 atom stereocenters. The van der Waals surface area contributed by atoms with Gasteiger partial charge >= 0.3 is 6.55 Å². The molecule has 66 valence electrons. The number of alkyl halides is 2. The molecule has 0 unspecified atom stereocenters. The summed E-state index contributed by atoms with van der Waals surface area (Å²) in [5, 5.41) is 16.3. The van der Waals surface area contributed by atoms with Gasteiger partial charge in [-0.05, 0) is 11.6 Å². The van der Waals surface area contributed by atoms with Crippen molar-refractivity contribution in [3.8, 4) is 12.1 Å². The van der Waals surface area contributed by atoms with E-state index in [2.05, 4.69) is 4.98 Å². The first-order valence-corrected chi connectivity index (χ1v) is 3.35. The van der Waals surface area contributed by atoms with E-state index >= 15 is 0 Å². The molecule has 0 aliphatic carbocycles. The number of aromatic nitrogens is 2. The van der Waals surface area contributed by atoms with E-state index in [4.69, 9.17) is 22.1 Å². The number of nitrogens with zero attached hydrogens (tertiary/aromatic N) is 4. The average molecular weight is 203 g/mol. The summed E-state index contributed by atoms with van der Waals surface area (Å²) in [6.45, 7) is -2.98. The largest absolute Gasteiger partial charge is 0.321 e. The molecule has 0 spiro atoms. The first-order chi connectivity index (χ1) is 6.11. The average Bonchev–Trinajstić information content (AvgIpc) is 2.41. The normalized spacial score (nSPS) is 9.69. The Hall–Kier alpha value is -1.66. The van der Waals surface area contributed by atoms with Crippen molar-refractivity contribution in [2.24, 2.45) is 0 Å². The Balaban J connectivity index is 3.45. The van der Waals surface area contributed by atoms with Gasteiger partial charge in [-0.1, -0.05) is 0 Å². The van der Waals surface area contributed by atoms with Crippen molar-refractivity contribution in [1.29, 1.82) is 10.5 Å². The summed E-state index contributed by atoms with van der Waals surface area (Å²) < 4.78 is 24.6. The van der Waals surface area contributed by atoms with Crippen molar-refractivity contribution in [3.63, 3.8) is 0 Å². The van der Waals surface area contributed by atoms with Crippen LogP contribution in [0.3, 0.4) is 0 Å². The molecule has 0 bridgehead atoms. The molecule has 0 saturated heterocycles. The summed E-state index contributed by atoms with van der Waals surface area (Å²) in [5.74, 6) is 0. The zero-order chi connectivity index (χ0) is 10.0. The third-order valence-corrected chi connectivity index (χ3v) is 1.54. The lowest BCUT2D eigenvalue weighted by Gasteiger charge is -2.00. The third-order valence-electron chi connectivity index (χ3n) is 1.28. The van der Waals surface area contributed by atoms with Crippen LogP contribution < -0.4 is 0 Å². The monoisotopic (exact) mass is 202 g/mol. The number of hydrogen-bond donors (Lipinski definition) is 0. The number of rotatable bonds is 1. The molecule has 0 amide bonds. The van der Waals surface area contributed by atoms with Crippen LogP contribution in [-0.2, 0) is 0 Å². The molecular formula is C6HClF2N4. The summed E-state index contributed by atoms with van der Waals surface area (Å²) in [6.07, 6.45) is 0. The van der Waals surface area contributed by atoms with Gasteiger partial charge in [0.25, 0.3) is 0 Å². The molecule has 1 heterocycles. The van der Waals surface area contributed by atoms with Crippen LogP contribution >= 0.6 is 11.6 Å². The highest BCUT2D eigenvalue weighted by molar-refractivity contribution is 6.28. The maximum atomic E-state index is 12.2. The van der Waals surface area contributed by atoms with Crippen LogP contribution in [0.15, 0.2) is 0 Å². The van der Waals surface area contributed by atoms with Gasteiger partial charge in [0.05, 0.1) is 0 Å². The van der Waals surface area contributed by atoms with Gasteiger partial charge in [-0.15, -0.1) is 0 Å². The molecule has 0 N–H and O–H groups in total. The fraction of sp³-hybridized carbons (Fsp3) is 0.167. The van der Waals surface area contributed by atoms with Gasteiger partial charge < -0.3 is 0 Å². The predicted octanol–water partition coefficient (Wildman–Crippen LogP) is 1.67. The zero-order valence-electron chi connectivity index (χ0n) is 6.00. The zero-order valence-corrected chi connectivity index (χ0v) is 6.76. The number of nitriles is 2. The van der Waals surface area contributed by atoms with E-state index in [1.54, 1.807) is 0 Å². The molecular weight excluding hydrogens is 202 g/mol. The summed E-state index contributed by atoms with van der Waals surface area (Å²) in [6, 6.07) is 2.92. The first kappa shape index (κ1) is 9.43. The van der Waals surface area contributed by atoms with Gasteiger partial charge in [0.1, 0.15) is 12.1 Å². The Labute approximate surface area is 76.6 Å². The topological polar surface area (TPSA) is 65.4 Å². The van der Waals surface area contributed by atoms with E-state index in [-0.39, 0.29) is 4.57 Å². The van der Waals surface area contributed by atoms with Crippen molar-refractivity contribution in [1.82, 2.24) is 9.55 Å². The molecule has 7 heteroatoms. The van der Waals surface area contributed by atoms with Crippen LogP contribution in [-0.4, -0.2) is 9.55 Å². The molecule has 13 heavy (non-hydrogen) atoms. The molecule has 0 fully saturated rings. The van der Waals surface area contributed by atoms with Crippen LogP contribution in [0.4, 0.5) is 8.78 Å². The highest BCUT2D eigenvalue weighted by Crippen LogP contribution is 2.22. The standard InChI is InChI=1S/C6HClF2N4/c7-5-12-3(1-10)4(2-11)13(5)6(8)9/h6H. The quantitative estimate of drug-likeness (QED) is 0.696. The van der Waals surface area contributed by atoms with Crippen LogP contribution in [0.5, 0.6) is 0 Å². The summed E-state index contributed by atoms with van der Waals surface area (Å²) in [4.78, 5) is 3.29. The molecule has 1 rings (SSSR count). The van der Waals surface area contributed by atoms with Crippen molar-refractivity contribution < 1.29 is 8.78 Å². The van der Waals surface area contributed by atoms with E-state index in [9.17, 15) is 8.78 Å². The highest BCUT2D eigenvalue weighted by Gasteiger charge is 2.21. The van der Waals surface area contributed by atoms with Crippen molar-refractivity contribution >= 4 is 11.6 Å². The minimum atomic E-state index is -2.98. The number of halogens is 3. The Kier molecular flexibility index (Phi) is 2.45. The summed E-state index contributed by atoms with van der Waals surface area (Å²) >= 11 is 5.27. The number of imidazole rings is 1. The lowest BCUT2D eigenvalue weighted by molar-refractivity contribution is 0.0696. The molecule has 1 aromatic heterocycles. The summed E-state index contributed by atoms with van der Waals surface area (Å²) in [7, 11) is 0. The fourth-order valence-electron chi connectivity index (χ4n) is 0.768. The lowest BCUT2D eigenvalue weighted by atomic mass is 10.4. The molecule has 0 saturated carbocycles. The first-order valence-electron chi connectivity index (χ1n) is 2.98. The second kappa shape index (κ2) is 3.38. The lowest BCUT2D eigenvalue weighted by Crippen LogP contribution is -2.01. The molecule has 0 aliphatic heterocycles. The van der Waals surface area contributed by atoms with Crippen molar-refractivity contribution in [2.75, 3.05) is 0 Å². The number of hydrogen-bond acceptors (Lipinski definition) is 3. The van der Waals surface area contributed by atoms with E-state index in [0.717, 1.165) is 0 Å². The van der Waals surface area contributed by atoms with Crippen LogP contribution in [0.2, 0.25) is 5.28 Å². The molecule has 1 aromatic rings. The minimum absolute atomic E-state index is 0.195. The van der Waals surface area contributed by atoms with E-state index < -0.39 is 23.2 Å². The Bertz CT molecular complexity index is 411. The van der Waals surface area contributed by atoms with Gasteiger partial charge in [0.2, 0.25) is 5.28 Å². The van der Waals surface area contributed by atoms with Gasteiger partial charge in [-0.25, -0.2) is 9.55 Å². The van der Waals surface area contributed by atoms with E-state index in [1.165, 1.54) is 12.1 Å². The van der Waals surface area contributed by atoms with Crippen LogP contribution in [0.1, 0.15) is 17.9 Å². The molecule has 0 aromatic carbocycles. The van der Waals surface area contributed by atoms with Gasteiger partial charge in [-0.2, -0.15) is 19.3 Å². The van der Waals surface area contributed by atoms with E-state index in [0.29, 0.717) is 0 Å². The second-order valence-electron chi connectivity index (χ2n) is 1.95. The van der Waals surface area contributed by atoms with Gasteiger partial charge in [-0.3, -0.25) is 0 Å². The van der Waals surface area contributed by atoms with Crippen molar-refractivity contribution in [2.45, 2.75) is 6.55 Å². The molecule has 0 radical (unpaired) electrons. The minimum Gasteiger partial charge on any atom is -0.246 e. The molecule has 0 aliphatic rings. The van der Waals surface area contributed by atoms with Gasteiger partial charge in [0.15, 0.2) is 11.4 Å². The Morgan fingerprint density at radius 2 is 2.00 bits per heavy atom. The van der Waals surface area contributed by atoms with Crippen molar-refractivity contribution in [3.05, 3.63) is 16.7 Å². The van der Waals surface area contributed by atoms with Gasteiger partial charge in [0, 0.05) is 0 Å². The van der Waals surface area contributed by atoms with Crippen LogP contribution in [0, 0.1) is 22.7 Å². The summed E-state index contributed by atoms with van der Waals surface area (Å²) in [5.41, 5.74) is -0.921. The third kappa shape index (κ3) is 1.44. The van der Waals surface area contributed by atoms with Crippen LogP contribution in [0.25, 0.3) is 0 Å². The smallest absolute Gasteiger partial charge is 0.246 e. The maximum absolute atomic E-state index is 12.2. The predicted molar refractivity (Wildman–Crippen MR) is 37.9 cm³/mol. The Morgan fingerprint density at radius 3 is 2.38 bits per heavy atom.